The fourth-order valence-corrected chi connectivity index (χ4v) is 1.42. The summed E-state index contributed by atoms with van der Waals surface area (Å²) in [6, 6.07) is 0. The van der Waals surface area contributed by atoms with Crippen molar-refractivity contribution < 1.29 is 17.9 Å². The van der Waals surface area contributed by atoms with Crippen LogP contribution in [0.3, 0.4) is 0 Å². The highest BCUT2D eigenvalue weighted by Crippen LogP contribution is 2.06. The lowest BCUT2D eigenvalue weighted by Crippen LogP contribution is -2.36. The molecular weight excluding hydrogens is 230 g/mol. The SMILES string of the molecule is CN(CCS(C)(=O)=O)C(=O)COC(C)(C)C. The van der Waals surface area contributed by atoms with E-state index in [4.69, 9.17) is 4.74 Å². The van der Waals surface area contributed by atoms with E-state index in [1.54, 1.807) is 7.05 Å². The highest BCUT2D eigenvalue weighted by atomic mass is 32.2. The van der Waals surface area contributed by atoms with Gasteiger partial charge in [-0.05, 0) is 20.8 Å². The second kappa shape index (κ2) is 5.63. The molecule has 0 N–H and O–H groups in total. The Morgan fingerprint density at radius 1 is 1.31 bits per heavy atom. The van der Waals surface area contributed by atoms with E-state index in [0.717, 1.165) is 6.26 Å². The van der Waals surface area contributed by atoms with Crippen LogP contribution in [0.4, 0.5) is 0 Å². The third-order valence-corrected chi connectivity index (χ3v) is 2.78. The average molecular weight is 251 g/mol. The fraction of sp³-hybridized carbons (Fsp3) is 0.900. The summed E-state index contributed by atoms with van der Waals surface area (Å²) >= 11 is 0. The molecule has 0 radical (unpaired) electrons. The summed E-state index contributed by atoms with van der Waals surface area (Å²) in [5.41, 5.74) is -0.368. The molecule has 0 spiro atoms. The molecule has 0 aliphatic heterocycles. The Hall–Kier alpha value is -0.620. The van der Waals surface area contributed by atoms with Crippen molar-refractivity contribution in [1.82, 2.24) is 4.90 Å². The smallest absolute Gasteiger partial charge is 0.248 e. The van der Waals surface area contributed by atoms with Crippen molar-refractivity contribution in [2.45, 2.75) is 26.4 Å². The molecule has 96 valence electrons. The van der Waals surface area contributed by atoms with Crippen LogP contribution in [0.5, 0.6) is 0 Å². The normalized spacial score (nSPS) is 12.6. The second-order valence-electron chi connectivity index (χ2n) is 4.85. The molecule has 0 fully saturated rings. The minimum Gasteiger partial charge on any atom is -0.366 e. The molecule has 5 nitrogen and oxygen atoms in total. The van der Waals surface area contributed by atoms with E-state index in [0.29, 0.717) is 0 Å². The van der Waals surface area contributed by atoms with Gasteiger partial charge in [0.25, 0.3) is 0 Å². The molecule has 0 saturated heterocycles. The van der Waals surface area contributed by atoms with Gasteiger partial charge in [0.05, 0.1) is 11.4 Å². The van der Waals surface area contributed by atoms with Gasteiger partial charge in [-0.2, -0.15) is 0 Å². The standard InChI is InChI=1S/C10H21NO4S/c1-10(2,3)15-8-9(12)11(4)6-7-16(5,13)14/h6-8H2,1-5H3. The lowest BCUT2D eigenvalue weighted by Gasteiger charge is -2.22. The highest BCUT2D eigenvalue weighted by molar-refractivity contribution is 7.90. The van der Waals surface area contributed by atoms with Gasteiger partial charge >= 0.3 is 0 Å². The van der Waals surface area contributed by atoms with Crippen LogP contribution in [-0.4, -0.2) is 57.0 Å². The highest BCUT2D eigenvalue weighted by Gasteiger charge is 2.16. The first kappa shape index (κ1) is 15.4. The molecule has 0 aliphatic carbocycles. The zero-order valence-corrected chi connectivity index (χ0v) is 11.4. The van der Waals surface area contributed by atoms with Crippen LogP contribution in [0, 0.1) is 0 Å². The minimum absolute atomic E-state index is 0.0231. The number of ether oxygens (including phenoxy) is 1. The van der Waals surface area contributed by atoms with Crippen molar-refractivity contribution in [2.24, 2.45) is 0 Å². The van der Waals surface area contributed by atoms with Crippen molar-refractivity contribution in [2.75, 3.05) is 32.2 Å². The molecule has 0 aliphatic rings. The Morgan fingerprint density at radius 3 is 2.19 bits per heavy atom. The molecule has 0 aromatic rings. The van der Waals surface area contributed by atoms with Gasteiger partial charge in [0, 0.05) is 19.8 Å². The minimum atomic E-state index is -3.03. The Kier molecular flexibility index (Phi) is 5.41. The number of amides is 1. The molecule has 0 bridgehead atoms. The van der Waals surface area contributed by atoms with Crippen LogP contribution in [0.1, 0.15) is 20.8 Å². The van der Waals surface area contributed by atoms with Gasteiger partial charge in [0.2, 0.25) is 5.91 Å². The number of carbonyl (C=O) groups is 1. The van der Waals surface area contributed by atoms with Crippen LogP contribution in [0.15, 0.2) is 0 Å². The number of sulfone groups is 1. The van der Waals surface area contributed by atoms with Gasteiger partial charge in [-0.25, -0.2) is 8.42 Å². The maximum Gasteiger partial charge on any atom is 0.248 e. The van der Waals surface area contributed by atoms with Gasteiger partial charge < -0.3 is 9.64 Å². The third-order valence-electron chi connectivity index (χ3n) is 1.85. The van der Waals surface area contributed by atoms with Gasteiger partial charge in [-0.15, -0.1) is 0 Å². The van der Waals surface area contributed by atoms with Crippen LogP contribution < -0.4 is 0 Å². The first-order chi connectivity index (χ1) is 7.01. The van der Waals surface area contributed by atoms with Crippen molar-refractivity contribution >= 4 is 15.7 Å². The van der Waals surface area contributed by atoms with Gasteiger partial charge in [0.15, 0.2) is 0 Å². The first-order valence-electron chi connectivity index (χ1n) is 5.07. The summed E-state index contributed by atoms with van der Waals surface area (Å²) in [7, 11) is -1.46. The summed E-state index contributed by atoms with van der Waals surface area (Å²) in [4.78, 5) is 12.9. The molecule has 6 heteroatoms. The Morgan fingerprint density at radius 2 is 1.81 bits per heavy atom. The molecule has 16 heavy (non-hydrogen) atoms. The summed E-state index contributed by atoms with van der Waals surface area (Å²) in [6.45, 7) is 5.75. The van der Waals surface area contributed by atoms with Crippen molar-refractivity contribution in [1.29, 1.82) is 0 Å². The Bertz CT molecular complexity index is 329. The van der Waals surface area contributed by atoms with Crippen LogP contribution in [0.25, 0.3) is 0 Å². The van der Waals surface area contributed by atoms with Gasteiger partial charge in [-0.3, -0.25) is 4.79 Å². The number of hydrogen-bond donors (Lipinski definition) is 0. The average Bonchev–Trinajstić information content (AvgIpc) is 2.07. The maximum atomic E-state index is 11.5. The zero-order chi connectivity index (χ0) is 13.0. The number of carbonyl (C=O) groups excluding carboxylic acids is 1. The molecular formula is C10H21NO4S. The molecule has 1 amide bonds. The third kappa shape index (κ3) is 8.67. The predicted molar refractivity (Wildman–Crippen MR) is 63.1 cm³/mol. The van der Waals surface area contributed by atoms with Crippen LogP contribution in [0.2, 0.25) is 0 Å². The van der Waals surface area contributed by atoms with Crippen molar-refractivity contribution in [3.8, 4) is 0 Å². The lowest BCUT2D eigenvalue weighted by atomic mass is 10.2. The molecule has 0 atom stereocenters. The second-order valence-corrected chi connectivity index (χ2v) is 7.11. The molecule has 0 heterocycles. The predicted octanol–water partition coefficient (Wildman–Crippen LogP) is 0.305. The number of hydrogen-bond acceptors (Lipinski definition) is 4. The van der Waals surface area contributed by atoms with Gasteiger partial charge in [-0.1, -0.05) is 0 Å². The van der Waals surface area contributed by atoms with Crippen molar-refractivity contribution in [3.63, 3.8) is 0 Å². The summed E-state index contributed by atoms with van der Waals surface area (Å²) < 4.78 is 27.1. The van der Waals surface area contributed by atoms with E-state index in [9.17, 15) is 13.2 Å². The lowest BCUT2D eigenvalue weighted by molar-refractivity contribution is -0.139. The van der Waals surface area contributed by atoms with E-state index in [1.807, 2.05) is 20.8 Å². The molecule has 0 aromatic heterocycles. The van der Waals surface area contributed by atoms with E-state index >= 15 is 0 Å². The zero-order valence-electron chi connectivity index (χ0n) is 10.6. The molecule has 0 aromatic carbocycles. The number of nitrogens with zero attached hydrogens (tertiary/aromatic N) is 1. The van der Waals surface area contributed by atoms with Crippen LogP contribution in [-0.2, 0) is 19.4 Å². The van der Waals surface area contributed by atoms with Crippen molar-refractivity contribution in [3.05, 3.63) is 0 Å². The topological polar surface area (TPSA) is 63.7 Å². The summed E-state index contributed by atoms with van der Waals surface area (Å²) in [5, 5.41) is 0. The van der Waals surface area contributed by atoms with Crippen LogP contribution >= 0.6 is 0 Å². The monoisotopic (exact) mass is 251 g/mol. The largest absolute Gasteiger partial charge is 0.366 e. The Labute approximate surface area is 97.7 Å². The van der Waals surface area contributed by atoms with E-state index in [1.165, 1.54) is 4.90 Å². The molecule has 0 rings (SSSR count). The van der Waals surface area contributed by atoms with Gasteiger partial charge in [0.1, 0.15) is 16.4 Å². The Balaban J connectivity index is 4.01. The molecule has 0 saturated carbocycles. The quantitative estimate of drug-likeness (QED) is 0.705. The first-order valence-corrected chi connectivity index (χ1v) is 7.13. The maximum absolute atomic E-state index is 11.5. The van der Waals surface area contributed by atoms with E-state index in [2.05, 4.69) is 0 Å². The number of likely N-dealkylation sites (N-methyl/N-ethyl adjacent to an activating group) is 1. The number of rotatable bonds is 5. The van der Waals surface area contributed by atoms with E-state index < -0.39 is 9.84 Å². The summed E-state index contributed by atoms with van der Waals surface area (Å²) in [6.07, 6.45) is 1.15. The summed E-state index contributed by atoms with van der Waals surface area (Å²) in [5.74, 6) is -0.233. The molecule has 0 unspecified atom stereocenters. The fourth-order valence-electron chi connectivity index (χ4n) is 0.816. The van der Waals surface area contributed by atoms with E-state index in [-0.39, 0.29) is 30.4 Å².